The molecule has 2 saturated heterocycles. The Bertz CT molecular complexity index is 850. The van der Waals surface area contributed by atoms with Crippen molar-refractivity contribution in [3.05, 3.63) is 59.2 Å². The summed E-state index contributed by atoms with van der Waals surface area (Å²) in [6, 6.07) is 14.5. The Morgan fingerprint density at radius 3 is 2.93 bits per heavy atom. The highest BCUT2D eigenvalue weighted by Crippen LogP contribution is 2.24. The minimum absolute atomic E-state index is 0.199. The van der Waals surface area contributed by atoms with E-state index in [9.17, 15) is 0 Å². The topological polar surface area (TPSA) is 62.2 Å². The average Bonchev–Trinajstić information content (AvgIpc) is 3.21. The molecule has 4 rings (SSSR count). The van der Waals surface area contributed by atoms with Gasteiger partial charge >= 0.3 is 0 Å². The lowest BCUT2D eigenvalue weighted by Gasteiger charge is -2.36. The van der Waals surface area contributed by atoms with Crippen LogP contribution in [-0.2, 0) is 11.3 Å². The molecule has 2 aliphatic heterocycles. The van der Waals surface area contributed by atoms with Crippen molar-refractivity contribution in [1.29, 1.82) is 0 Å². The third-order valence-electron chi connectivity index (χ3n) is 5.50. The van der Waals surface area contributed by atoms with E-state index in [4.69, 9.17) is 21.1 Å². The van der Waals surface area contributed by atoms with Crippen molar-refractivity contribution in [3.63, 3.8) is 0 Å². The fraction of sp³-hybridized carbons (Fsp3) is 0.455. The monoisotopic (exact) mass is 429 g/mol. The number of hydrogen-bond donors (Lipinski definition) is 1. The molecule has 0 amide bonds. The summed E-state index contributed by atoms with van der Waals surface area (Å²) >= 11 is 6.08. The van der Waals surface area contributed by atoms with Crippen molar-refractivity contribution in [2.75, 3.05) is 46.4 Å². The van der Waals surface area contributed by atoms with Crippen molar-refractivity contribution in [3.8, 4) is 5.88 Å². The molecule has 8 heteroatoms. The number of nitrogens with one attached hydrogen (secondary N) is 1. The summed E-state index contributed by atoms with van der Waals surface area (Å²) in [5.74, 6) is 1.32. The Labute approximate surface area is 182 Å². The number of nitrogens with zero attached hydrogens (tertiary/aromatic N) is 4. The highest BCUT2D eigenvalue weighted by Gasteiger charge is 2.41. The van der Waals surface area contributed by atoms with Crippen LogP contribution in [0, 0.1) is 0 Å². The van der Waals surface area contributed by atoms with Crippen LogP contribution in [0.3, 0.4) is 0 Å². The summed E-state index contributed by atoms with van der Waals surface area (Å²) in [6.07, 6.45) is 1.87. The van der Waals surface area contributed by atoms with Gasteiger partial charge in [0.05, 0.1) is 25.3 Å². The summed E-state index contributed by atoms with van der Waals surface area (Å²) < 4.78 is 11.7. The van der Waals surface area contributed by atoms with E-state index in [1.165, 1.54) is 5.56 Å². The van der Waals surface area contributed by atoms with Crippen molar-refractivity contribution in [1.82, 2.24) is 20.1 Å². The third kappa shape index (κ3) is 5.03. The van der Waals surface area contributed by atoms with E-state index in [1.807, 2.05) is 7.05 Å². The lowest BCUT2D eigenvalue weighted by molar-refractivity contribution is -0.0502. The minimum Gasteiger partial charge on any atom is -0.475 e. The number of ether oxygens (including phenoxy) is 2. The Morgan fingerprint density at radius 2 is 2.13 bits per heavy atom. The molecule has 0 radical (unpaired) electrons. The standard InChI is InChI=1S/C22H28ClN5O2/c1-24-22(26-10-12-30-21-18(23)8-5-9-25-21)28-15-19-20(16-28)29-13-11-27(19)14-17-6-3-2-4-7-17/h2-9,19-20H,10-16H2,1H3,(H,24,26). The van der Waals surface area contributed by atoms with Gasteiger partial charge in [0.2, 0.25) is 5.88 Å². The highest BCUT2D eigenvalue weighted by molar-refractivity contribution is 6.31. The lowest BCUT2D eigenvalue weighted by Crippen LogP contribution is -2.50. The van der Waals surface area contributed by atoms with Gasteiger partial charge in [-0.3, -0.25) is 9.89 Å². The first-order valence-corrected chi connectivity index (χ1v) is 10.7. The maximum absolute atomic E-state index is 6.08. The van der Waals surface area contributed by atoms with E-state index < -0.39 is 0 Å². The van der Waals surface area contributed by atoms with Crippen molar-refractivity contribution in [2.24, 2.45) is 4.99 Å². The molecule has 1 N–H and O–H groups in total. The predicted molar refractivity (Wildman–Crippen MR) is 118 cm³/mol. The predicted octanol–water partition coefficient (Wildman–Crippen LogP) is 2.27. The number of aliphatic imine (C=N–C) groups is 1. The van der Waals surface area contributed by atoms with Crippen molar-refractivity contribution >= 4 is 17.6 Å². The molecule has 0 bridgehead atoms. The molecule has 30 heavy (non-hydrogen) atoms. The van der Waals surface area contributed by atoms with Crippen LogP contribution in [0.4, 0.5) is 0 Å². The van der Waals surface area contributed by atoms with Crippen molar-refractivity contribution in [2.45, 2.75) is 18.7 Å². The summed E-state index contributed by atoms with van der Waals surface area (Å²) in [7, 11) is 1.81. The molecule has 160 valence electrons. The number of benzene rings is 1. The van der Waals surface area contributed by atoms with Gasteiger partial charge in [-0.25, -0.2) is 4.98 Å². The number of guanidine groups is 1. The summed E-state index contributed by atoms with van der Waals surface area (Å²) in [4.78, 5) is 13.4. The second-order valence-electron chi connectivity index (χ2n) is 7.45. The van der Waals surface area contributed by atoms with Crippen LogP contribution in [0.25, 0.3) is 0 Å². The number of fused-ring (bicyclic) bond motifs is 1. The normalized spacial score (nSPS) is 22.1. The number of aromatic nitrogens is 1. The zero-order valence-electron chi connectivity index (χ0n) is 17.2. The van der Waals surface area contributed by atoms with Crippen LogP contribution in [0.5, 0.6) is 5.88 Å². The van der Waals surface area contributed by atoms with Gasteiger partial charge in [0.1, 0.15) is 11.6 Å². The van der Waals surface area contributed by atoms with Gasteiger partial charge in [-0.1, -0.05) is 41.9 Å². The van der Waals surface area contributed by atoms with E-state index in [0.717, 1.165) is 38.7 Å². The molecule has 0 aliphatic carbocycles. The average molecular weight is 430 g/mol. The van der Waals surface area contributed by atoms with E-state index in [0.29, 0.717) is 30.1 Å². The molecule has 2 fully saturated rings. The fourth-order valence-corrected chi connectivity index (χ4v) is 4.24. The molecular formula is C22H28ClN5O2. The number of morpholine rings is 1. The lowest BCUT2D eigenvalue weighted by atomic mass is 10.1. The summed E-state index contributed by atoms with van der Waals surface area (Å²) in [5, 5.41) is 3.90. The Balaban J connectivity index is 1.29. The van der Waals surface area contributed by atoms with Gasteiger partial charge in [-0.2, -0.15) is 0 Å². The number of halogens is 1. The van der Waals surface area contributed by atoms with Gasteiger partial charge in [0.15, 0.2) is 5.96 Å². The summed E-state index contributed by atoms with van der Waals surface area (Å²) in [5.41, 5.74) is 1.34. The molecule has 7 nitrogen and oxygen atoms in total. The molecule has 1 aromatic heterocycles. The maximum Gasteiger partial charge on any atom is 0.232 e. The first-order chi connectivity index (χ1) is 14.7. The molecule has 2 atom stereocenters. The molecule has 2 unspecified atom stereocenters. The molecule has 1 aromatic carbocycles. The number of rotatable bonds is 6. The number of hydrogen-bond acceptors (Lipinski definition) is 5. The number of pyridine rings is 1. The van der Waals surface area contributed by atoms with E-state index in [2.05, 4.69) is 55.4 Å². The third-order valence-corrected chi connectivity index (χ3v) is 5.79. The first-order valence-electron chi connectivity index (χ1n) is 10.3. The maximum atomic E-state index is 6.08. The number of likely N-dealkylation sites (tertiary alicyclic amines) is 1. The Morgan fingerprint density at radius 1 is 1.27 bits per heavy atom. The molecule has 2 aromatic rings. The molecule has 0 spiro atoms. The first kappa shape index (κ1) is 20.9. The zero-order valence-corrected chi connectivity index (χ0v) is 18.0. The second-order valence-corrected chi connectivity index (χ2v) is 7.86. The zero-order chi connectivity index (χ0) is 20.8. The van der Waals surface area contributed by atoms with E-state index in [1.54, 1.807) is 18.3 Å². The van der Waals surface area contributed by atoms with Gasteiger partial charge in [-0.05, 0) is 17.7 Å². The van der Waals surface area contributed by atoms with Crippen LogP contribution >= 0.6 is 11.6 Å². The van der Waals surface area contributed by atoms with Gasteiger partial charge < -0.3 is 19.7 Å². The largest absolute Gasteiger partial charge is 0.475 e. The molecular weight excluding hydrogens is 402 g/mol. The fourth-order valence-electron chi connectivity index (χ4n) is 4.07. The molecule has 0 saturated carbocycles. The van der Waals surface area contributed by atoms with Crippen LogP contribution in [0.2, 0.25) is 5.02 Å². The van der Waals surface area contributed by atoms with Gasteiger partial charge in [-0.15, -0.1) is 0 Å². The van der Waals surface area contributed by atoms with Crippen LogP contribution in [0.1, 0.15) is 5.56 Å². The second kappa shape index (κ2) is 10.1. The SMILES string of the molecule is CN=C(NCCOc1ncccc1Cl)N1CC2OCCN(Cc3ccccc3)C2C1. The molecule has 3 heterocycles. The Kier molecular flexibility index (Phi) is 7.04. The van der Waals surface area contributed by atoms with Crippen LogP contribution in [-0.4, -0.2) is 79.3 Å². The molecule has 2 aliphatic rings. The quantitative estimate of drug-likeness (QED) is 0.432. The van der Waals surface area contributed by atoms with Gasteiger partial charge in [0, 0.05) is 39.4 Å². The highest BCUT2D eigenvalue weighted by atomic mass is 35.5. The van der Waals surface area contributed by atoms with E-state index >= 15 is 0 Å². The Hall–Kier alpha value is -2.35. The van der Waals surface area contributed by atoms with Crippen LogP contribution in [0.15, 0.2) is 53.7 Å². The van der Waals surface area contributed by atoms with Gasteiger partial charge in [0.25, 0.3) is 0 Å². The van der Waals surface area contributed by atoms with Crippen LogP contribution < -0.4 is 10.1 Å². The minimum atomic E-state index is 0.199. The van der Waals surface area contributed by atoms with Crippen molar-refractivity contribution < 1.29 is 9.47 Å². The smallest absolute Gasteiger partial charge is 0.232 e. The summed E-state index contributed by atoms with van der Waals surface area (Å²) in [6.45, 7) is 5.46. The van der Waals surface area contributed by atoms with E-state index in [-0.39, 0.29) is 6.10 Å².